The number of rotatable bonds is 6. The largest absolute Gasteiger partial charge is 0.496 e. The van der Waals surface area contributed by atoms with Crippen LogP contribution in [0.1, 0.15) is 25.3 Å². The average Bonchev–Trinajstić information content (AvgIpc) is 2.35. The fourth-order valence-corrected chi connectivity index (χ4v) is 1.85. The zero-order valence-electron chi connectivity index (χ0n) is 10.2. The van der Waals surface area contributed by atoms with Gasteiger partial charge in [-0.3, -0.25) is 0 Å². The Labute approximate surface area is 107 Å². The van der Waals surface area contributed by atoms with Gasteiger partial charge in [-0.25, -0.2) is 0 Å². The lowest BCUT2D eigenvalue weighted by atomic mass is 10.1. The van der Waals surface area contributed by atoms with Crippen molar-refractivity contribution in [1.29, 1.82) is 5.26 Å². The maximum atomic E-state index is 8.68. The maximum absolute atomic E-state index is 8.68. The summed E-state index contributed by atoms with van der Waals surface area (Å²) in [7, 11) is 1.63. The first-order chi connectivity index (χ1) is 8.22. The molecule has 0 radical (unpaired) electrons. The third-order valence-electron chi connectivity index (χ3n) is 2.69. The van der Waals surface area contributed by atoms with Gasteiger partial charge in [-0.15, -0.1) is 0 Å². The number of nitrogens with one attached hydrogen (secondary N) is 1. The molecule has 0 saturated carbocycles. The molecule has 3 nitrogen and oxygen atoms in total. The van der Waals surface area contributed by atoms with Gasteiger partial charge in [0.15, 0.2) is 0 Å². The summed E-state index contributed by atoms with van der Waals surface area (Å²) < 4.78 is 5.26. The van der Waals surface area contributed by atoms with Gasteiger partial charge in [0.2, 0.25) is 0 Å². The van der Waals surface area contributed by atoms with Crippen LogP contribution in [0.25, 0.3) is 0 Å². The highest BCUT2D eigenvalue weighted by Crippen LogP contribution is 2.26. The molecule has 1 aromatic carbocycles. The number of methoxy groups -OCH3 is 1. The average molecular weight is 253 g/mol. The minimum absolute atomic E-state index is 0.195. The molecule has 0 aliphatic rings. The minimum atomic E-state index is 0.195. The van der Waals surface area contributed by atoms with Crippen LogP contribution in [0.5, 0.6) is 5.75 Å². The molecular formula is C13H17ClN2O. The molecule has 92 valence electrons. The van der Waals surface area contributed by atoms with Gasteiger partial charge in [0.05, 0.1) is 19.6 Å². The summed E-state index contributed by atoms with van der Waals surface area (Å²) in [5.74, 6) is 0.775. The third-order valence-corrected chi connectivity index (χ3v) is 3.05. The highest BCUT2D eigenvalue weighted by atomic mass is 35.5. The highest BCUT2D eigenvalue weighted by Gasteiger charge is 2.10. The normalized spacial score (nSPS) is 11.9. The van der Waals surface area contributed by atoms with E-state index in [1.165, 1.54) is 0 Å². The van der Waals surface area contributed by atoms with E-state index in [-0.39, 0.29) is 6.04 Å². The van der Waals surface area contributed by atoms with E-state index in [1.54, 1.807) is 7.11 Å². The fourth-order valence-electron chi connectivity index (χ4n) is 1.62. The standard InChI is InChI=1S/C13H17ClN2O/c1-3-10(7-8-15)16-9-11-12(14)5-4-6-13(11)17-2/h4-6,10,16H,3,7,9H2,1-2H3. The molecule has 1 rings (SSSR count). The van der Waals surface area contributed by atoms with Gasteiger partial charge in [-0.05, 0) is 18.6 Å². The lowest BCUT2D eigenvalue weighted by Crippen LogP contribution is -2.27. The lowest BCUT2D eigenvalue weighted by Gasteiger charge is -2.16. The highest BCUT2D eigenvalue weighted by molar-refractivity contribution is 6.31. The van der Waals surface area contributed by atoms with Crippen LogP contribution < -0.4 is 10.1 Å². The first-order valence-electron chi connectivity index (χ1n) is 5.64. The fraction of sp³-hybridized carbons (Fsp3) is 0.462. The second-order valence-corrected chi connectivity index (χ2v) is 4.18. The summed E-state index contributed by atoms with van der Waals surface area (Å²) in [4.78, 5) is 0. The predicted octanol–water partition coefficient (Wildman–Crippen LogP) is 3.13. The van der Waals surface area contributed by atoms with E-state index in [1.807, 2.05) is 18.2 Å². The molecule has 1 unspecified atom stereocenters. The summed E-state index contributed by atoms with van der Waals surface area (Å²) in [6, 6.07) is 7.95. The van der Waals surface area contributed by atoms with Gasteiger partial charge in [0.25, 0.3) is 0 Å². The van der Waals surface area contributed by atoms with Crippen LogP contribution in [0.2, 0.25) is 5.02 Å². The van der Waals surface area contributed by atoms with Gasteiger partial charge in [-0.2, -0.15) is 5.26 Å². The smallest absolute Gasteiger partial charge is 0.124 e. The Kier molecular flexibility index (Phi) is 5.82. The molecule has 0 amide bonds. The Hall–Kier alpha value is -1.24. The second kappa shape index (κ2) is 7.16. The van der Waals surface area contributed by atoms with E-state index in [9.17, 15) is 0 Å². The number of hydrogen-bond acceptors (Lipinski definition) is 3. The number of ether oxygens (including phenoxy) is 1. The summed E-state index contributed by atoms with van der Waals surface area (Å²) in [5, 5.41) is 12.7. The molecule has 1 N–H and O–H groups in total. The summed E-state index contributed by atoms with van der Waals surface area (Å²) in [6.07, 6.45) is 1.42. The molecule has 4 heteroatoms. The molecule has 1 atom stereocenters. The van der Waals surface area contributed by atoms with Crippen molar-refractivity contribution < 1.29 is 4.74 Å². The molecule has 0 heterocycles. The van der Waals surface area contributed by atoms with E-state index in [0.717, 1.165) is 17.7 Å². The Bertz CT molecular complexity index is 401. The number of nitrogens with zero attached hydrogens (tertiary/aromatic N) is 1. The molecule has 0 bridgehead atoms. The molecule has 1 aromatic rings. The number of halogens is 1. The van der Waals surface area contributed by atoms with Crippen LogP contribution in [0, 0.1) is 11.3 Å². The van der Waals surface area contributed by atoms with Crippen LogP contribution in [0.15, 0.2) is 18.2 Å². The van der Waals surface area contributed by atoms with Crippen molar-refractivity contribution in [2.45, 2.75) is 32.4 Å². The topological polar surface area (TPSA) is 45.0 Å². The van der Waals surface area contributed by atoms with Crippen LogP contribution in [-0.4, -0.2) is 13.2 Å². The summed E-state index contributed by atoms with van der Waals surface area (Å²) in [6.45, 7) is 2.67. The Morgan fingerprint density at radius 3 is 2.88 bits per heavy atom. The molecule has 0 spiro atoms. The SMILES string of the molecule is CCC(CC#N)NCc1c(Cl)cccc1OC. The van der Waals surface area contributed by atoms with E-state index in [2.05, 4.69) is 18.3 Å². The predicted molar refractivity (Wildman–Crippen MR) is 69.2 cm³/mol. The second-order valence-electron chi connectivity index (χ2n) is 3.77. The van der Waals surface area contributed by atoms with E-state index < -0.39 is 0 Å². The van der Waals surface area contributed by atoms with Crippen molar-refractivity contribution in [3.63, 3.8) is 0 Å². The zero-order chi connectivity index (χ0) is 12.7. The molecular weight excluding hydrogens is 236 g/mol. The molecule has 0 aromatic heterocycles. The third kappa shape index (κ3) is 3.92. The molecule has 0 aliphatic heterocycles. The van der Waals surface area contributed by atoms with Crippen LogP contribution in [-0.2, 0) is 6.54 Å². The number of benzene rings is 1. The van der Waals surface area contributed by atoms with Crippen molar-refractivity contribution in [2.75, 3.05) is 7.11 Å². The zero-order valence-corrected chi connectivity index (χ0v) is 10.9. The Balaban J connectivity index is 2.71. The molecule has 0 saturated heterocycles. The van der Waals surface area contributed by atoms with Crippen LogP contribution >= 0.6 is 11.6 Å². The number of nitriles is 1. The van der Waals surface area contributed by atoms with Crippen LogP contribution in [0.3, 0.4) is 0 Å². The van der Waals surface area contributed by atoms with Crippen molar-refractivity contribution in [1.82, 2.24) is 5.32 Å². The van der Waals surface area contributed by atoms with Crippen molar-refractivity contribution in [2.24, 2.45) is 0 Å². The molecule has 17 heavy (non-hydrogen) atoms. The lowest BCUT2D eigenvalue weighted by molar-refractivity contribution is 0.404. The first-order valence-corrected chi connectivity index (χ1v) is 6.02. The van der Waals surface area contributed by atoms with Gasteiger partial charge in [0, 0.05) is 23.2 Å². The first kappa shape index (κ1) is 13.8. The van der Waals surface area contributed by atoms with E-state index in [0.29, 0.717) is 18.0 Å². The van der Waals surface area contributed by atoms with Crippen molar-refractivity contribution in [3.05, 3.63) is 28.8 Å². The monoisotopic (exact) mass is 252 g/mol. The van der Waals surface area contributed by atoms with Gasteiger partial charge in [0.1, 0.15) is 5.75 Å². The summed E-state index contributed by atoms with van der Waals surface area (Å²) in [5.41, 5.74) is 0.938. The number of hydrogen-bond donors (Lipinski definition) is 1. The van der Waals surface area contributed by atoms with Gasteiger partial charge < -0.3 is 10.1 Å². The maximum Gasteiger partial charge on any atom is 0.124 e. The van der Waals surface area contributed by atoms with E-state index in [4.69, 9.17) is 21.6 Å². The quantitative estimate of drug-likeness (QED) is 0.846. The van der Waals surface area contributed by atoms with E-state index >= 15 is 0 Å². The van der Waals surface area contributed by atoms with Gasteiger partial charge in [-0.1, -0.05) is 24.6 Å². The molecule has 0 aliphatic carbocycles. The Morgan fingerprint density at radius 1 is 1.53 bits per heavy atom. The molecule has 0 fully saturated rings. The minimum Gasteiger partial charge on any atom is -0.496 e. The van der Waals surface area contributed by atoms with Crippen LogP contribution in [0.4, 0.5) is 0 Å². The van der Waals surface area contributed by atoms with Gasteiger partial charge >= 0.3 is 0 Å². The Morgan fingerprint density at radius 2 is 2.29 bits per heavy atom. The van der Waals surface area contributed by atoms with Crippen molar-refractivity contribution in [3.8, 4) is 11.8 Å². The summed E-state index contributed by atoms with van der Waals surface area (Å²) >= 11 is 6.13. The van der Waals surface area contributed by atoms with Crippen molar-refractivity contribution >= 4 is 11.6 Å².